The highest BCUT2D eigenvalue weighted by molar-refractivity contribution is 6.04. The largest absolute Gasteiger partial charge is 0.306 e. The van der Waals surface area contributed by atoms with Crippen molar-refractivity contribution in [1.82, 2.24) is 14.8 Å². The van der Waals surface area contributed by atoms with Crippen LogP contribution in [0.5, 0.6) is 0 Å². The Labute approximate surface area is 176 Å². The van der Waals surface area contributed by atoms with E-state index in [0.29, 0.717) is 12.4 Å². The number of amides is 1. The van der Waals surface area contributed by atoms with Gasteiger partial charge in [0.1, 0.15) is 0 Å². The molecule has 0 aliphatic carbocycles. The van der Waals surface area contributed by atoms with Gasteiger partial charge in [-0.05, 0) is 50.1 Å². The number of carbonyl (C=O) groups is 1. The molecule has 4 aromatic rings. The van der Waals surface area contributed by atoms with E-state index < -0.39 is 0 Å². The van der Waals surface area contributed by atoms with Gasteiger partial charge in [0.15, 0.2) is 5.82 Å². The van der Waals surface area contributed by atoms with Crippen LogP contribution in [0.25, 0.3) is 17.1 Å². The van der Waals surface area contributed by atoms with Gasteiger partial charge in [-0.2, -0.15) is 0 Å². The fourth-order valence-corrected chi connectivity index (χ4v) is 3.48. The van der Waals surface area contributed by atoms with Crippen molar-refractivity contribution in [1.29, 1.82) is 0 Å². The molecule has 0 aliphatic heterocycles. The standard InChI is InChI=1S/C25H24N4O/c1-4-28(22-17-18(2)15-16-19(22)3)25(30)23-26-24(20-11-7-5-8-12-20)29(27-23)21-13-9-6-10-14-21/h5-17H,4H2,1-3H3. The summed E-state index contributed by atoms with van der Waals surface area (Å²) in [5.74, 6) is 0.612. The number of para-hydroxylation sites is 1. The van der Waals surface area contributed by atoms with Gasteiger partial charge in [-0.15, -0.1) is 5.10 Å². The quantitative estimate of drug-likeness (QED) is 0.465. The lowest BCUT2D eigenvalue weighted by Gasteiger charge is -2.22. The highest BCUT2D eigenvalue weighted by atomic mass is 16.2. The molecular formula is C25H24N4O. The van der Waals surface area contributed by atoms with Crippen LogP contribution in [0.3, 0.4) is 0 Å². The van der Waals surface area contributed by atoms with Crippen molar-refractivity contribution in [3.63, 3.8) is 0 Å². The van der Waals surface area contributed by atoms with Gasteiger partial charge in [0.2, 0.25) is 5.82 Å². The zero-order valence-corrected chi connectivity index (χ0v) is 17.4. The topological polar surface area (TPSA) is 51.0 Å². The predicted octanol–water partition coefficient (Wildman–Crippen LogP) is 5.22. The molecule has 0 saturated heterocycles. The van der Waals surface area contributed by atoms with Crippen LogP contribution in [-0.4, -0.2) is 27.2 Å². The van der Waals surface area contributed by atoms with Gasteiger partial charge in [0, 0.05) is 17.8 Å². The van der Waals surface area contributed by atoms with Crippen molar-refractivity contribution in [2.45, 2.75) is 20.8 Å². The summed E-state index contributed by atoms with van der Waals surface area (Å²) < 4.78 is 1.74. The summed E-state index contributed by atoms with van der Waals surface area (Å²) in [5.41, 5.74) is 4.80. The maximum Gasteiger partial charge on any atom is 0.297 e. The third-order valence-electron chi connectivity index (χ3n) is 5.05. The lowest BCUT2D eigenvalue weighted by Crippen LogP contribution is -2.32. The average molecular weight is 396 g/mol. The molecular weight excluding hydrogens is 372 g/mol. The minimum absolute atomic E-state index is 0.181. The summed E-state index contributed by atoms with van der Waals surface area (Å²) in [5, 5.41) is 4.62. The molecule has 0 saturated carbocycles. The van der Waals surface area contributed by atoms with E-state index in [-0.39, 0.29) is 11.7 Å². The fraction of sp³-hybridized carbons (Fsp3) is 0.160. The molecule has 0 N–H and O–H groups in total. The van der Waals surface area contributed by atoms with E-state index in [1.807, 2.05) is 99.6 Å². The SMILES string of the molecule is CCN(C(=O)c1nc(-c2ccccc2)n(-c2ccccc2)n1)c1cc(C)ccc1C. The van der Waals surface area contributed by atoms with Gasteiger partial charge >= 0.3 is 0 Å². The number of aryl methyl sites for hydroxylation is 2. The lowest BCUT2D eigenvalue weighted by molar-refractivity contribution is 0.0978. The van der Waals surface area contributed by atoms with E-state index in [0.717, 1.165) is 28.1 Å². The molecule has 150 valence electrons. The first-order valence-electron chi connectivity index (χ1n) is 10.1. The minimum Gasteiger partial charge on any atom is -0.306 e. The second-order valence-corrected chi connectivity index (χ2v) is 7.21. The van der Waals surface area contributed by atoms with Gasteiger partial charge in [-0.1, -0.05) is 60.7 Å². The molecule has 1 aromatic heterocycles. The molecule has 0 spiro atoms. The Morgan fingerprint density at radius 3 is 2.27 bits per heavy atom. The highest BCUT2D eigenvalue weighted by Gasteiger charge is 2.24. The van der Waals surface area contributed by atoms with Crippen LogP contribution in [0.2, 0.25) is 0 Å². The van der Waals surface area contributed by atoms with Gasteiger partial charge in [-0.25, -0.2) is 9.67 Å². The maximum absolute atomic E-state index is 13.5. The minimum atomic E-state index is -0.210. The fourth-order valence-electron chi connectivity index (χ4n) is 3.48. The molecule has 3 aromatic carbocycles. The summed E-state index contributed by atoms with van der Waals surface area (Å²) in [6, 6.07) is 25.7. The Bertz CT molecular complexity index is 1110. The summed E-state index contributed by atoms with van der Waals surface area (Å²) in [6.45, 7) is 6.53. The van der Waals surface area contributed by atoms with Crippen LogP contribution in [0.15, 0.2) is 78.9 Å². The summed E-state index contributed by atoms with van der Waals surface area (Å²) in [7, 11) is 0. The number of nitrogens with zero attached hydrogens (tertiary/aromatic N) is 4. The van der Waals surface area contributed by atoms with E-state index in [9.17, 15) is 4.79 Å². The number of aromatic nitrogens is 3. The van der Waals surface area contributed by atoms with Crippen LogP contribution in [-0.2, 0) is 0 Å². The van der Waals surface area contributed by atoms with Crippen LogP contribution in [0.1, 0.15) is 28.7 Å². The normalized spacial score (nSPS) is 10.8. The van der Waals surface area contributed by atoms with Crippen molar-refractivity contribution >= 4 is 11.6 Å². The predicted molar refractivity (Wildman–Crippen MR) is 120 cm³/mol. The first-order chi connectivity index (χ1) is 14.6. The third kappa shape index (κ3) is 3.74. The van der Waals surface area contributed by atoms with Crippen molar-refractivity contribution < 1.29 is 4.79 Å². The summed E-state index contributed by atoms with van der Waals surface area (Å²) in [4.78, 5) is 19.9. The number of benzene rings is 3. The first-order valence-corrected chi connectivity index (χ1v) is 10.1. The second-order valence-electron chi connectivity index (χ2n) is 7.21. The zero-order chi connectivity index (χ0) is 21.1. The third-order valence-corrected chi connectivity index (χ3v) is 5.05. The summed E-state index contributed by atoms with van der Waals surface area (Å²) in [6.07, 6.45) is 0. The molecule has 5 heteroatoms. The van der Waals surface area contributed by atoms with Crippen LogP contribution in [0, 0.1) is 13.8 Å². The lowest BCUT2D eigenvalue weighted by atomic mass is 10.1. The van der Waals surface area contributed by atoms with Gasteiger partial charge in [0.25, 0.3) is 5.91 Å². The van der Waals surface area contributed by atoms with Crippen molar-refractivity contribution in [3.8, 4) is 17.1 Å². The second kappa shape index (κ2) is 8.33. The Hall–Kier alpha value is -3.73. The van der Waals surface area contributed by atoms with E-state index in [1.165, 1.54) is 0 Å². The maximum atomic E-state index is 13.5. The van der Waals surface area contributed by atoms with Crippen molar-refractivity contribution in [2.24, 2.45) is 0 Å². The highest BCUT2D eigenvalue weighted by Crippen LogP contribution is 2.25. The Morgan fingerprint density at radius 2 is 1.60 bits per heavy atom. The number of anilines is 1. The van der Waals surface area contributed by atoms with E-state index >= 15 is 0 Å². The van der Waals surface area contributed by atoms with Crippen molar-refractivity contribution in [2.75, 3.05) is 11.4 Å². The molecule has 0 bridgehead atoms. The molecule has 0 atom stereocenters. The number of hydrogen-bond acceptors (Lipinski definition) is 3. The first kappa shape index (κ1) is 19.6. The van der Waals surface area contributed by atoms with Gasteiger partial charge in [0.05, 0.1) is 5.69 Å². The summed E-state index contributed by atoms with van der Waals surface area (Å²) >= 11 is 0. The molecule has 30 heavy (non-hydrogen) atoms. The Morgan fingerprint density at radius 1 is 0.933 bits per heavy atom. The average Bonchev–Trinajstić information content (AvgIpc) is 3.23. The Kier molecular flexibility index (Phi) is 5.44. The van der Waals surface area contributed by atoms with Crippen LogP contribution >= 0.6 is 0 Å². The van der Waals surface area contributed by atoms with Crippen LogP contribution < -0.4 is 4.90 Å². The molecule has 5 nitrogen and oxygen atoms in total. The van der Waals surface area contributed by atoms with E-state index in [4.69, 9.17) is 0 Å². The molecule has 0 aliphatic rings. The molecule has 0 unspecified atom stereocenters. The zero-order valence-electron chi connectivity index (χ0n) is 17.4. The molecule has 1 amide bonds. The Balaban J connectivity index is 1.82. The smallest absolute Gasteiger partial charge is 0.297 e. The monoisotopic (exact) mass is 396 g/mol. The van der Waals surface area contributed by atoms with E-state index in [2.05, 4.69) is 10.1 Å². The molecule has 1 heterocycles. The van der Waals surface area contributed by atoms with Gasteiger partial charge in [-0.3, -0.25) is 4.79 Å². The molecule has 0 radical (unpaired) electrons. The number of carbonyl (C=O) groups excluding carboxylic acids is 1. The van der Waals surface area contributed by atoms with Gasteiger partial charge < -0.3 is 4.90 Å². The molecule has 0 fully saturated rings. The number of rotatable bonds is 5. The van der Waals surface area contributed by atoms with Crippen molar-refractivity contribution in [3.05, 3.63) is 95.8 Å². The molecule has 4 rings (SSSR count). The van der Waals surface area contributed by atoms with Crippen LogP contribution in [0.4, 0.5) is 5.69 Å². The number of hydrogen-bond donors (Lipinski definition) is 0. The van der Waals surface area contributed by atoms with E-state index in [1.54, 1.807) is 9.58 Å².